The van der Waals surface area contributed by atoms with E-state index in [1.165, 1.54) is 0 Å². The number of hydrogen-bond donors (Lipinski definition) is 1. The van der Waals surface area contributed by atoms with Gasteiger partial charge in [-0.3, -0.25) is 0 Å². The van der Waals surface area contributed by atoms with Crippen LogP contribution in [0.25, 0.3) is 0 Å². The van der Waals surface area contributed by atoms with E-state index in [-0.39, 0.29) is 0 Å². The summed E-state index contributed by atoms with van der Waals surface area (Å²) in [6, 6.07) is 6.64. The lowest BCUT2D eigenvalue weighted by Gasteiger charge is -2.12. The predicted molar refractivity (Wildman–Crippen MR) is 71.9 cm³/mol. The first-order valence-corrected chi connectivity index (χ1v) is 6.70. The number of aliphatic hydroxyl groups is 1. The number of benzene rings is 1. The summed E-state index contributed by atoms with van der Waals surface area (Å²) in [7, 11) is 0. The van der Waals surface area contributed by atoms with Crippen LogP contribution in [0.15, 0.2) is 41.8 Å². The Morgan fingerprint density at radius 3 is 2.50 bits per heavy atom. The molecular weight excluding hydrogens is 254 g/mol. The fraction of sp³-hybridized carbons (Fsp3) is 0.429. The van der Waals surface area contributed by atoms with Gasteiger partial charge < -0.3 is 5.11 Å². The monoisotopic (exact) mass is 272 g/mol. The number of alkyl halides is 2. The van der Waals surface area contributed by atoms with Crippen molar-refractivity contribution in [2.75, 3.05) is 0 Å². The molecule has 0 aliphatic carbocycles. The van der Waals surface area contributed by atoms with Gasteiger partial charge in [-0.15, -0.1) is 6.58 Å². The molecule has 100 valence electrons. The van der Waals surface area contributed by atoms with Crippen LogP contribution in [0.3, 0.4) is 0 Å². The van der Waals surface area contributed by atoms with E-state index >= 15 is 0 Å². The van der Waals surface area contributed by atoms with Gasteiger partial charge in [-0.05, 0) is 37.0 Å². The Morgan fingerprint density at radius 2 is 2.00 bits per heavy atom. The lowest BCUT2D eigenvalue weighted by molar-refractivity contribution is 0.129. The van der Waals surface area contributed by atoms with Gasteiger partial charge in [0.25, 0.3) is 5.25 Å². The van der Waals surface area contributed by atoms with Crippen LogP contribution in [0.1, 0.15) is 37.9 Å². The summed E-state index contributed by atoms with van der Waals surface area (Å²) in [5, 5.41) is 7.11. The second-order valence-corrected chi connectivity index (χ2v) is 5.61. The minimum absolute atomic E-state index is 0.504. The maximum atomic E-state index is 12.8. The van der Waals surface area contributed by atoms with E-state index in [1.807, 2.05) is 6.08 Å². The molecular formula is C14H18F2OS. The third-order valence-corrected chi connectivity index (χ3v) is 3.31. The van der Waals surface area contributed by atoms with Crippen LogP contribution in [0.4, 0.5) is 8.78 Å². The second-order valence-electron chi connectivity index (χ2n) is 4.21. The van der Waals surface area contributed by atoms with Crippen molar-refractivity contribution < 1.29 is 13.9 Å². The average Bonchev–Trinajstić information content (AvgIpc) is 2.28. The van der Waals surface area contributed by atoms with Gasteiger partial charge in [-0.1, -0.05) is 30.0 Å². The summed E-state index contributed by atoms with van der Waals surface area (Å²) in [6.45, 7) is 4.49. The molecule has 0 amide bonds. The number of unbranched alkanes of at least 4 members (excludes halogenated alkanes) is 1. The van der Waals surface area contributed by atoms with Crippen LogP contribution in [0.5, 0.6) is 0 Å². The molecule has 0 fully saturated rings. The van der Waals surface area contributed by atoms with E-state index in [9.17, 15) is 13.9 Å². The minimum Gasteiger partial charge on any atom is -0.388 e. The summed E-state index contributed by atoms with van der Waals surface area (Å²) < 4.78 is 25.6. The van der Waals surface area contributed by atoms with Crippen LogP contribution in [0.2, 0.25) is 0 Å². The van der Waals surface area contributed by atoms with E-state index in [0.29, 0.717) is 23.1 Å². The standard InChI is InChI=1S/C14H18F2OS/c1-3-4-5-6-13(17)11-7-9-12(10-8-11)18-14(2,15)16/h3,7-10,13,17H,1,4-6H2,2H3/t13-/m0/s1. The van der Waals surface area contributed by atoms with Gasteiger partial charge in [0, 0.05) is 11.8 Å². The van der Waals surface area contributed by atoms with Crippen LogP contribution in [-0.2, 0) is 0 Å². The number of rotatable bonds is 7. The zero-order valence-corrected chi connectivity index (χ0v) is 11.2. The Labute approximate surface area is 111 Å². The van der Waals surface area contributed by atoms with Crippen molar-refractivity contribution in [3.63, 3.8) is 0 Å². The Kier molecular flexibility index (Phi) is 5.82. The van der Waals surface area contributed by atoms with Gasteiger partial charge in [0.15, 0.2) is 0 Å². The third-order valence-electron chi connectivity index (χ3n) is 2.45. The first kappa shape index (κ1) is 15.2. The summed E-state index contributed by atoms with van der Waals surface area (Å²) in [5.41, 5.74) is 0.767. The summed E-state index contributed by atoms with van der Waals surface area (Å²) in [5.74, 6) is 0. The first-order chi connectivity index (χ1) is 8.42. The van der Waals surface area contributed by atoms with Gasteiger partial charge in [-0.2, -0.15) is 8.78 Å². The highest BCUT2D eigenvalue weighted by Gasteiger charge is 2.22. The van der Waals surface area contributed by atoms with Crippen molar-refractivity contribution in [3.8, 4) is 0 Å². The van der Waals surface area contributed by atoms with Gasteiger partial charge in [0.05, 0.1) is 6.10 Å². The normalized spacial score (nSPS) is 13.3. The molecule has 0 heterocycles. The maximum absolute atomic E-state index is 12.8. The van der Waals surface area contributed by atoms with Gasteiger partial charge in [-0.25, -0.2) is 0 Å². The topological polar surface area (TPSA) is 20.2 Å². The number of aliphatic hydroxyl groups excluding tert-OH is 1. The number of halogens is 2. The Balaban J connectivity index is 2.56. The number of thioether (sulfide) groups is 1. The van der Waals surface area contributed by atoms with Crippen LogP contribution in [-0.4, -0.2) is 10.4 Å². The quantitative estimate of drug-likeness (QED) is 0.438. The van der Waals surface area contributed by atoms with E-state index in [1.54, 1.807) is 24.3 Å². The van der Waals surface area contributed by atoms with Crippen molar-refractivity contribution in [2.24, 2.45) is 0 Å². The molecule has 0 aromatic heterocycles. The molecule has 0 bridgehead atoms. The van der Waals surface area contributed by atoms with Crippen LogP contribution >= 0.6 is 11.8 Å². The molecule has 1 aromatic carbocycles. The van der Waals surface area contributed by atoms with Crippen LogP contribution < -0.4 is 0 Å². The molecule has 0 unspecified atom stereocenters. The molecule has 1 nitrogen and oxygen atoms in total. The predicted octanol–water partition coefficient (Wildman–Crippen LogP) is 4.78. The third kappa shape index (κ3) is 5.65. The maximum Gasteiger partial charge on any atom is 0.295 e. The van der Waals surface area contributed by atoms with E-state index in [2.05, 4.69) is 6.58 Å². The summed E-state index contributed by atoms with van der Waals surface area (Å²) >= 11 is 0.514. The van der Waals surface area contributed by atoms with Crippen molar-refractivity contribution in [1.82, 2.24) is 0 Å². The Bertz CT molecular complexity index is 370. The number of allylic oxidation sites excluding steroid dienone is 1. The number of hydrogen-bond acceptors (Lipinski definition) is 2. The molecule has 1 atom stereocenters. The van der Waals surface area contributed by atoms with E-state index < -0.39 is 11.4 Å². The molecule has 0 spiro atoms. The molecule has 0 saturated heterocycles. The SMILES string of the molecule is C=CCCC[C@H](O)c1ccc(SC(C)(F)F)cc1. The van der Waals surface area contributed by atoms with Gasteiger partial charge >= 0.3 is 0 Å². The molecule has 0 saturated carbocycles. The van der Waals surface area contributed by atoms with Gasteiger partial charge in [0.1, 0.15) is 0 Å². The fourth-order valence-electron chi connectivity index (χ4n) is 1.59. The van der Waals surface area contributed by atoms with E-state index in [0.717, 1.165) is 25.3 Å². The van der Waals surface area contributed by atoms with Crippen molar-refractivity contribution in [1.29, 1.82) is 0 Å². The lowest BCUT2D eigenvalue weighted by Crippen LogP contribution is -2.02. The van der Waals surface area contributed by atoms with E-state index in [4.69, 9.17) is 0 Å². The Morgan fingerprint density at radius 1 is 1.39 bits per heavy atom. The smallest absolute Gasteiger partial charge is 0.295 e. The van der Waals surface area contributed by atoms with Crippen molar-refractivity contribution in [3.05, 3.63) is 42.5 Å². The second kappa shape index (κ2) is 6.90. The van der Waals surface area contributed by atoms with Gasteiger partial charge in [0.2, 0.25) is 0 Å². The molecule has 4 heteroatoms. The minimum atomic E-state index is -2.77. The Hall–Kier alpha value is -0.870. The average molecular weight is 272 g/mol. The van der Waals surface area contributed by atoms with Crippen molar-refractivity contribution >= 4 is 11.8 Å². The molecule has 0 aliphatic rings. The lowest BCUT2D eigenvalue weighted by atomic mass is 10.0. The van der Waals surface area contributed by atoms with Crippen LogP contribution in [0, 0.1) is 0 Å². The summed E-state index contributed by atoms with van der Waals surface area (Å²) in [6.07, 6.45) is 3.67. The zero-order valence-electron chi connectivity index (χ0n) is 10.4. The highest BCUT2D eigenvalue weighted by atomic mass is 32.2. The first-order valence-electron chi connectivity index (χ1n) is 5.88. The highest BCUT2D eigenvalue weighted by molar-refractivity contribution is 8.00. The molecule has 1 rings (SSSR count). The summed E-state index contributed by atoms with van der Waals surface area (Å²) in [4.78, 5) is 0.504. The molecule has 0 aliphatic heterocycles. The molecule has 1 aromatic rings. The largest absolute Gasteiger partial charge is 0.388 e. The zero-order chi connectivity index (χ0) is 13.6. The fourth-order valence-corrected chi connectivity index (χ4v) is 2.27. The molecule has 0 radical (unpaired) electrons. The highest BCUT2D eigenvalue weighted by Crippen LogP contribution is 2.35. The molecule has 1 N–H and O–H groups in total. The molecule has 18 heavy (non-hydrogen) atoms. The van der Waals surface area contributed by atoms with Crippen molar-refractivity contribution in [2.45, 2.75) is 42.4 Å².